The van der Waals surface area contributed by atoms with Crippen molar-refractivity contribution in [3.8, 4) is 22.6 Å². The Kier molecular flexibility index (Phi) is 3.62. The molecular weight excluding hydrogens is 272 g/mol. The average molecular weight is 283 g/mol. The minimum Gasteiger partial charge on any atom is -0.492 e. The zero-order valence-electron chi connectivity index (χ0n) is 10.3. The van der Waals surface area contributed by atoms with E-state index < -0.39 is 0 Å². The molecule has 0 aliphatic carbocycles. The topological polar surface area (TPSA) is 87.6 Å². The first kappa shape index (κ1) is 13.2. The smallest absolute Gasteiger partial charge is 0.230 e. The SMILES string of the molecule is COc1c(C=O)cc(Cl)c(-c2cnoc2N)c1OC. The number of nitrogens with zero attached hydrogens (tertiary/aromatic N) is 1. The summed E-state index contributed by atoms with van der Waals surface area (Å²) in [4.78, 5) is 11.0. The van der Waals surface area contributed by atoms with Gasteiger partial charge in [0, 0.05) is 0 Å². The number of rotatable bonds is 4. The Hall–Kier alpha value is -2.21. The second kappa shape index (κ2) is 5.19. The number of benzene rings is 1. The van der Waals surface area contributed by atoms with Gasteiger partial charge in [0.1, 0.15) is 0 Å². The molecule has 0 fully saturated rings. The molecule has 0 unspecified atom stereocenters. The third-order valence-electron chi connectivity index (χ3n) is 2.62. The molecule has 0 saturated carbocycles. The fourth-order valence-electron chi connectivity index (χ4n) is 1.81. The lowest BCUT2D eigenvalue weighted by atomic mass is 10.0. The zero-order valence-corrected chi connectivity index (χ0v) is 11.0. The van der Waals surface area contributed by atoms with E-state index in [4.69, 9.17) is 31.3 Å². The van der Waals surface area contributed by atoms with E-state index in [1.165, 1.54) is 26.5 Å². The first-order valence-electron chi connectivity index (χ1n) is 5.24. The van der Waals surface area contributed by atoms with Crippen molar-refractivity contribution in [1.82, 2.24) is 5.16 Å². The Bertz CT molecular complexity index is 624. The van der Waals surface area contributed by atoms with Gasteiger partial charge in [-0.1, -0.05) is 16.8 Å². The molecule has 0 spiro atoms. The predicted molar refractivity (Wildman–Crippen MR) is 69.9 cm³/mol. The van der Waals surface area contributed by atoms with Crippen molar-refractivity contribution < 1.29 is 18.8 Å². The molecule has 1 aromatic heterocycles. The number of hydrogen-bond acceptors (Lipinski definition) is 6. The fraction of sp³-hybridized carbons (Fsp3) is 0.167. The van der Waals surface area contributed by atoms with E-state index in [-0.39, 0.29) is 22.2 Å². The number of carbonyl (C=O) groups is 1. The van der Waals surface area contributed by atoms with Crippen molar-refractivity contribution in [1.29, 1.82) is 0 Å². The molecule has 7 heteroatoms. The van der Waals surface area contributed by atoms with Crippen LogP contribution in [0.1, 0.15) is 10.4 Å². The Morgan fingerprint density at radius 3 is 2.53 bits per heavy atom. The first-order valence-corrected chi connectivity index (χ1v) is 5.62. The monoisotopic (exact) mass is 282 g/mol. The van der Waals surface area contributed by atoms with Crippen LogP contribution in [0.15, 0.2) is 16.8 Å². The molecule has 0 saturated heterocycles. The third kappa shape index (κ3) is 2.10. The fourth-order valence-corrected chi connectivity index (χ4v) is 2.11. The van der Waals surface area contributed by atoms with Crippen molar-refractivity contribution in [2.75, 3.05) is 20.0 Å². The van der Waals surface area contributed by atoms with Gasteiger partial charge in [-0.15, -0.1) is 0 Å². The van der Waals surface area contributed by atoms with Gasteiger partial charge >= 0.3 is 0 Å². The van der Waals surface area contributed by atoms with Crippen LogP contribution >= 0.6 is 11.6 Å². The van der Waals surface area contributed by atoms with Crippen LogP contribution in [0, 0.1) is 0 Å². The van der Waals surface area contributed by atoms with E-state index in [0.29, 0.717) is 23.2 Å². The first-order chi connectivity index (χ1) is 9.13. The Balaban J connectivity index is 2.81. The molecule has 0 bridgehead atoms. The maximum absolute atomic E-state index is 11.0. The van der Waals surface area contributed by atoms with Crippen LogP contribution in [0.5, 0.6) is 11.5 Å². The number of ether oxygens (including phenoxy) is 2. The van der Waals surface area contributed by atoms with E-state index >= 15 is 0 Å². The van der Waals surface area contributed by atoms with Crippen LogP contribution in [-0.2, 0) is 0 Å². The highest BCUT2D eigenvalue weighted by Gasteiger charge is 2.23. The summed E-state index contributed by atoms with van der Waals surface area (Å²) in [5.74, 6) is 0.672. The summed E-state index contributed by atoms with van der Waals surface area (Å²) < 4.78 is 15.3. The lowest BCUT2D eigenvalue weighted by molar-refractivity contribution is 0.112. The Morgan fingerprint density at radius 2 is 2.05 bits per heavy atom. The molecule has 0 atom stereocenters. The Morgan fingerprint density at radius 1 is 1.37 bits per heavy atom. The van der Waals surface area contributed by atoms with Gasteiger partial charge in [0.25, 0.3) is 0 Å². The lowest BCUT2D eigenvalue weighted by Gasteiger charge is -2.15. The van der Waals surface area contributed by atoms with Crippen LogP contribution in [0.4, 0.5) is 5.88 Å². The van der Waals surface area contributed by atoms with Gasteiger partial charge in [-0.05, 0) is 6.07 Å². The van der Waals surface area contributed by atoms with Gasteiger partial charge in [0.05, 0.1) is 42.1 Å². The molecule has 2 N–H and O–H groups in total. The number of aromatic nitrogens is 1. The molecule has 1 heterocycles. The molecule has 2 rings (SSSR count). The second-order valence-corrected chi connectivity index (χ2v) is 4.02. The van der Waals surface area contributed by atoms with E-state index in [0.717, 1.165) is 0 Å². The summed E-state index contributed by atoms with van der Waals surface area (Å²) in [6.45, 7) is 0. The molecular formula is C12H11ClN2O4. The number of nitrogens with two attached hydrogens (primary N) is 1. The quantitative estimate of drug-likeness (QED) is 0.866. The molecule has 1 aromatic carbocycles. The largest absolute Gasteiger partial charge is 0.492 e. The lowest BCUT2D eigenvalue weighted by Crippen LogP contribution is -1.99. The normalized spacial score (nSPS) is 10.3. The number of methoxy groups -OCH3 is 2. The summed E-state index contributed by atoms with van der Waals surface area (Å²) in [5.41, 5.74) is 6.89. The van der Waals surface area contributed by atoms with Crippen LogP contribution in [0.25, 0.3) is 11.1 Å². The number of hydrogen-bond donors (Lipinski definition) is 1. The Labute approximate surface area is 114 Å². The standard InChI is InChI=1S/C12H11ClN2O4/c1-17-10-6(5-16)3-8(13)9(11(10)18-2)7-4-15-19-12(7)14/h3-5H,14H2,1-2H3. The summed E-state index contributed by atoms with van der Waals surface area (Å²) in [7, 11) is 2.87. The average Bonchev–Trinajstić information content (AvgIpc) is 2.83. The minimum absolute atomic E-state index is 0.0982. The zero-order chi connectivity index (χ0) is 14.0. The third-order valence-corrected chi connectivity index (χ3v) is 2.92. The van der Waals surface area contributed by atoms with Crippen LogP contribution < -0.4 is 15.2 Å². The van der Waals surface area contributed by atoms with Gasteiger partial charge in [-0.25, -0.2) is 0 Å². The van der Waals surface area contributed by atoms with Crippen LogP contribution in [0.2, 0.25) is 5.02 Å². The number of halogens is 1. The van der Waals surface area contributed by atoms with Crippen LogP contribution in [-0.4, -0.2) is 25.7 Å². The van der Waals surface area contributed by atoms with E-state index in [1.54, 1.807) is 0 Å². The van der Waals surface area contributed by atoms with Crippen molar-refractivity contribution >= 4 is 23.8 Å². The maximum Gasteiger partial charge on any atom is 0.230 e. The van der Waals surface area contributed by atoms with Crippen molar-refractivity contribution in [2.45, 2.75) is 0 Å². The number of anilines is 1. The number of nitrogen functional groups attached to an aromatic ring is 1. The summed E-state index contributed by atoms with van der Waals surface area (Å²) in [5, 5.41) is 3.87. The molecule has 6 nitrogen and oxygen atoms in total. The summed E-state index contributed by atoms with van der Waals surface area (Å²) in [6.07, 6.45) is 2.05. The molecule has 0 radical (unpaired) electrons. The minimum atomic E-state index is 0.0982. The van der Waals surface area contributed by atoms with E-state index in [1.807, 2.05) is 0 Å². The molecule has 0 amide bonds. The maximum atomic E-state index is 11.0. The molecule has 2 aromatic rings. The van der Waals surface area contributed by atoms with Gasteiger partial charge in [0.2, 0.25) is 5.88 Å². The van der Waals surface area contributed by atoms with Crippen molar-refractivity contribution in [3.05, 3.63) is 22.8 Å². The summed E-state index contributed by atoms with van der Waals surface area (Å²) >= 11 is 6.16. The van der Waals surface area contributed by atoms with E-state index in [9.17, 15) is 4.79 Å². The highest BCUT2D eigenvalue weighted by molar-refractivity contribution is 6.34. The van der Waals surface area contributed by atoms with Gasteiger partial charge in [0.15, 0.2) is 17.8 Å². The number of carbonyl (C=O) groups excluding carboxylic acids is 1. The van der Waals surface area contributed by atoms with Gasteiger partial charge in [-0.3, -0.25) is 4.79 Å². The second-order valence-electron chi connectivity index (χ2n) is 3.61. The van der Waals surface area contributed by atoms with Crippen LogP contribution in [0.3, 0.4) is 0 Å². The van der Waals surface area contributed by atoms with Gasteiger partial charge < -0.3 is 19.7 Å². The van der Waals surface area contributed by atoms with E-state index in [2.05, 4.69) is 5.16 Å². The number of aldehydes is 1. The highest BCUT2D eigenvalue weighted by Crippen LogP contribution is 2.46. The highest BCUT2D eigenvalue weighted by atomic mass is 35.5. The molecule has 0 aliphatic rings. The van der Waals surface area contributed by atoms with Gasteiger partial charge in [-0.2, -0.15) is 0 Å². The van der Waals surface area contributed by atoms with Crippen molar-refractivity contribution in [3.63, 3.8) is 0 Å². The molecule has 0 aliphatic heterocycles. The molecule has 100 valence electrons. The molecule has 19 heavy (non-hydrogen) atoms. The predicted octanol–water partition coefficient (Wildman–Crippen LogP) is 2.41. The summed E-state index contributed by atoms with van der Waals surface area (Å²) in [6, 6.07) is 1.47. The van der Waals surface area contributed by atoms with Crippen molar-refractivity contribution in [2.24, 2.45) is 0 Å².